The van der Waals surface area contributed by atoms with Crippen LogP contribution in [0.2, 0.25) is 0 Å². The van der Waals surface area contributed by atoms with Gasteiger partial charge in [-0.25, -0.2) is 4.98 Å². The van der Waals surface area contributed by atoms with Gasteiger partial charge in [0.1, 0.15) is 11.7 Å². The molecular formula is C16H17N5O4. The van der Waals surface area contributed by atoms with Gasteiger partial charge in [0, 0.05) is 30.6 Å². The number of benzene rings is 1. The number of carbonyl (C=O) groups excluding carboxylic acids is 2. The molecule has 1 aliphatic heterocycles. The fourth-order valence-electron chi connectivity index (χ4n) is 3.06. The van der Waals surface area contributed by atoms with Crippen LogP contribution in [0.4, 0.5) is 5.69 Å². The Morgan fingerprint density at radius 3 is 2.76 bits per heavy atom. The quantitative estimate of drug-likeness (QED) is 0.661. The molecule has 1 unspecified atom stereocenters. The Balaban J connectivity index is 1.97. The summed E-state index contributed by atoms with van der Waals surface area (Å²) in [7, 11) is 0. The van der Waals surface area contributed by atoms with Gasteiger partial charge in [-0.1, -0.05) is 0 Å². The molecule has 0 spiro atoms. The van der Waals surface area contributed by atoms with Gasteiger partial charge < -0.3 is 15.2 Å². The zero-order valence-electron chi connectivity index (χ0n) is 13.4. The summed E-state index contributed by atoms with van der Waals surface area (Å²) in [4.78, 5) is 40.5. The molecule has 9 heteroatoms. The van der Waals surface area contributed by atoms with Crippen LogP contribution in [0.15, 0.2) is 36.9 Å². The van der Waals surface area contributed by atoms with Crippen molar-refractivity contribution < 1.29 is 14.5 Å². The van der Waals surface area contributed by atoms with Crippen molar-refractivity contribution in [3.63, 3.8) is 0 Å². The number of primary amides is 1. The van der Waals surface area contributed by atoms with E-state index >= 15 is 0 Å². The predicted molar refractivity (Wildman–Crippen MR) is 88.1 cm³/mol. The highest BCUT2D eigenvalue weighted by Crippen LogP contribution is 2.26. The Kier molecular flexibility index (Phi) is 4.46. The van der Waals surface area contributed by atoms with Crippen molar-refractivity contribution in [2.24, 2.45) is 5.73 Å². The number of hydrogen-bond donors (Lipinski definition) is 1. The molecule has 0 saturated carbocycles. The van der Waals surface area contributed by atoms with E-state index < -0.39 is 22.8 Å². The number of nitrogens with zero attached hydrogens (tertiary/aromatic N) is 4. The topological polar surface area (TPSA) is 124 Å². The van der Waals surface area contributed by atoms with Crippen LogP contribution >= 0.6 is 0 Å². The number of aromatic nitrogens is 2. The van der Waals surface area contributed by atoms with Crippen molar-refractivity contribution in [3.8, 4) is 5.69 Å². The molecule has 130 valence electrons. The van der Waals surface area contributed by atoms with Crippen molar-refractivity contribution in [2.75, 3.05) is 6.54 Å². The Morgan fingerprint density at radius 2 is 2.12 bits per heavy atom. The van der Waals surface area contributed by atoms with E-state index in [0.717, 1.165) is 12.8 Å². The Morgan fingerprint density at radius 1 is 1.32 bits per heavy atom. The minimum Gasteiger partial charge on any atom is -0.368 e. The maximum atomic E-state index is 12.8. The third-order valence-electron chi connectivity index (χ3n) is 4.29. The molecule has 2 amide bonds. The zero-order chi connectivity index (χ0) is 18.0. The maximum absolute atomic E-state index is 12.8. The van der Waals surface area contributed by atoms with Crippen molar-refractivity contribution in [1.82, 2.24) is 14.5 Å². The normalized spacial score (nSPS) is 17.3. The van der Waals surface area contributed by atoms with Crippen LogP contribution in [0.5, 0.6) is 0 Å². The summed E-state index contributed by atoms with van der Waals surface area (Å²) in [6.07, 6.45) is 6.63. The zero-order valence-corrected chi connectivity index (χ0v) is 13.4. The van der Waals surface area contributed by atoms with Gasteiger partial charge in [0.15, 0.2) is 0 Å². The second-order valence-corrected chi connectivity index (χ2v) is 5.84. The lowest BCUT2D eigenvalue weighted by Crippen LogP contribution is -2.50. The van der Waals surface area contributed by atoms with Gasteiger partial charge in [-0.05, 0) is 31.4 Å². The molecule has 2 aromatic rings. The number of nitro benzene ring substituents is 1. The van der Waals surface area contributed by atoms with Crippen LogP contribution in [0.25, 0.3) is 5.69 Å². The molecule has 3 rings (SSSR count). The number of piperidine rings is 1. The first-order valence-corrected chi connectivity index (χ1v) is 7.86. The highest BCUT2D eigenvalue weighted by Gasteiger charge is 2.32. The molecule has 2 N–H and O–H groups in total. The molecule has 25 heavy (non-hydrogen) atoms. The van der Waals surface area contributed by atoms with Gasteiger partial charge in [0.25, 0.3) is 11.6 Å². The maximum Gasteiger partial charge on any atom is 0.294 e. The summed E-state index contributed by atoms with van der Waals surface area (Å²) in [5.41, 5.74) is 5.64. The highest BCUT2D eigenvalue weighted by molar-refractivity contribution is 5.98. The lowest BCUT2D eigenvalue weighted by atomic mass is 10.00. The first kappa shape index (κ1) is 16.6. The second kappa shape index (κ2) is 6.71. The summed E-state index contributed by atoms with van der Waals surface area (Å²) in [6, 6.07) is 3.56. The predicted octanol–water partition coefficient (Wildman–Crippen LogP) is 1.26. The molecule has 0 bridgehead atoms. The van der Waals surface area contributed by atoms with Crippen LogP contribution in [0.1, 0.15) is 29.6 Å². The summed E-state index contributed by atoms with van der Waals surface area (Å²) < 4.78 is 1.50. The fourth-order valence-corrected chi connectivity index (χ4v) is 3.06. The SMILES string of the molecule is NC(=O)C1CCCCN1C(=O)c1ccc(-n2ccnc2)c([N+](=O)[O-])c1. The highest BCUT2D eigenvalue weighted by atomic mass is 16.6. The van der Waals surface area contributed by atoms with Gasteiger partial charge in [0.2, 0.25) is 5.91 Å². The van der Waals surface area contributed by atoms with Gasteiger partial charge in [-0.3, -0.25) is 19.7 Å². The molecule has 1 aromatic carbocycles. The molecule has 2 heterocycles. The van der Waals surface area contributed by atoms with Gasteiger partial charge in [-0.2, -0.15) is 0 Å². The lowest BCUT2D eigenvalue weighted by molar-refractivity contribution is -0.384. The Labute approximate surface area is 143 Å². The molecule has 1 saturated heterocycles. The number of nitro groups is 1. The van der Waals surface area contributed by atoms with E-state index in [4.69, 9.17) is 5.73 Å². The molecular weight excluding hydrogens is 326 g/mol. The smallest absolute Gasteiger partial charge is 0.294 e. The average molecular weight is 343 g/mol. The number of amides is 2. The van der Waals surface area contributed by atoms with Crippen LogP contribution in [0, 0.1) is 10.1 Å². The van der Waals surface area contributed by atoms with Crippen molar-refractivity contribution >= 4 is 17.5 Å². The number of rotatable bonds is 4. The number of hydrogen-bond acceptors (Lipinski definition) is 5. The van der Waals surface area contributed by atoms with E-state index in [1.807, 2.05) is 0 Å². The Hall–Kier alpha value is -3.23. The van der Waals surface area contributed by atoms with Gasteiger partial charge >= 0.3 is 0 Å². The Bertz CT molecular complexity index is 818. The van der Waals surface area contributed by atoms with Crippen LogP contribution in [0.3, 0.4) is 0 Å². The molecule has 1 aliphatic rings. The molecule has 9 nitrogen and oxygen atoms in total. The minimum absolute atomic E-state index is 0.156. The third-order valence-corrected chi connectivity index (χ3v) is 4.29. The standard InChI is InChI=1S/C16H17N5O4/c17-15(22)13-3-1-2-7-20(13)16(23)11-4-5-12(14(9-11)21(24)25)19-8-6-18-10-19/h4-6,8-10,13H,1-3,7H2,(H2,17,22). The summed E-state index contributed by atoms with van der Waals surface area (Å²) in [5.74, 6) is -0.985. The van der Waals surface area contributed by atoms with Gasteiger partial charge in [-0.15, -0.1) is 0 Å². The van der Waals surface area contributed by atoms with E-state index in [-0.39, 0.29) is 11.3 Å². The monoisotopic (exact) mass is 343 g/mol. The fraction of sp³-hybridized carbons (Fsp3) is 0.312. The third kappa shape index (κ3) is 3.21. The lowest BCUT2D eigenvalue weighted by Gasteiger charge is -2.33. The molecule has 0 aliphatic carbocycles. The number of nitrogens with two attached hydrogens (primary N) is 1. The van der Waals surface area contributed by atoms with Crippen LogP contribution in [-0.4, -0.2) is 43.8 Å². The number of carbonyl (C=O) groups is 2. The molecule has 1 aromatic heterocycles. The van der Waals surface area contributed by atoms with E-state index in [2.05, 4.69) is 4.98 Å². The van der Waals surface area contributed by atoms with Crippen LogP contribution < -0.4 is 5.73 Å². The van der Waals surface area contributed by atoms with E-state index in [9.17, 15) is 19.7 Å². The second-order valence-electron chi connectivity index (χ2n) is 5.84. The number of imidazole rings is 1. The number of likely N-dealkylation sites (tertiary alicyclic amines) is 1. The first-order valence-electron chi connectivity index (χ1n) is 7.86. The molecule has 1 atom stereocenters. The first-order chi connectivity index (χ1) is 12.0. The summed E-state index contributed by atoms with van der Waals surface area (Å²) in [6.45, 7) is 0.406. The average Bonchev–Trinajstić information content (AvgIpc) is 3.15. The minimum atomic E-state index is -0.673. The molecule has 0 radical (unpaired) electrons. The summed E-state index contributed by atoms with van der Waals surface area (Å²) in [5, 5.41) is 11.4. The molecule has 1 fully saturated rings. The van der Waals surface area contributed by atoms with Crippen molar-refractivity contribution in [3.05, 3.63) is 52.6 Å². The van der Waals surface area contributed by atoms with Crippen molar-refractivity contribution in [1.29, 1.82) is 0 Å². The van der Waals surface area contributed by atoms with E-state index in [1.54, 1.807) is 6.20 Å². The summed E-state index contributed by atoms with van der Waals surface area (Å²) >= 11 is 0. The van der Waals surface area contributed by atoms with Gasteiger partial charge in [0.05, 0.1) is 11.3 Å². The largest absolute Gasteiger partial charge is 0.368 e. The van der Waals surface area contributed by atoms with E-state index in [1.165, 1.54) is 40.2 Å². The van der Waals surface area contributed by atoms with Crippen LogP contribution in [-0.2, 0) is 4.79 Å². The van der Waals surface area contributed by atoms with Crippen molar-refractivity contribution in [2.45, 2.75) is 25.3 Å². The van der Waals surface area contributed by atoms with E-state index in [0.29, 0.717) is 18.7 Å².